The van der Waals surface area contributed by atoms with Crippen molar-refractivity contribution in [3.63, 3.8) is 0 Å². The molecule has 0 aliphatic heterocycles. The number of nitrogens with zero attached hydrogens (tertiary/aromatic N) is 1. The summed E-state index contributed by atoms with van der Waals surface area (Å²) in [5, 5.41) is 0. The van der Waals surface area contributed by atoms with Crippen molar-refractivity contribution in [3.05, 3.63) is 47.7 Å². The number of nitrogens with two attached hydrogens (primary N) is 1. The van der Waals surface area contributed by atoms with Gasteiger partial charge in [0.05, 0.1) is 0 Å². The van der Waals surface area contributed by atoms with Gasteiger partial charge in [-0.1, -0.05) is 29.8 Å². The Labute approximate surface area is 89.8 Å². The first-order valence-corrected chi connectivity index (χ1v) is 4.97. The van der Waals surface area contributed by atoms with E-state index in [9.17, 15) is 0 Å². The predicted octanol–water partition coefficient (Wildman–Crippen LogP) is 2.95. The fourth-order valence-corrected chi connectivity index (χ4v) is 1.70. The predicted molar refractivity (Wildman–Crippen MR) is 63.6 cm³/mol. The van der Waals surface area contributed by atoms with Gasteiger partial charge in [0.15, 0.2) is 0 Å². The maximum Gasteiger partial charge on any atom is 0.123 e. The van der Waals surface area contributed by atoms with Gasteiger partial charge in [-0.2, -0.15) is 0 Å². The fourth-order valence-electron chi connectivity index (χ4n) is 1.70. The first-order valence-electron chi connectivity index (χ1n) is 4.97. The Morgan fingerprint density at radius 3 is 2.53 bits per heavy atom. The van der Waals surface area contributed by atoms with Gasteiger partial charge in [0, 0.05) is 11.3 Å². The summed E-state index contributed by atoms with van der Waals surface area (Å²) in [6.07, 6.45) is 0. The van der Waals surface area contributed by atoms with E-state index in [1.807, 2.05) is 19.1 Å². The van der Waals surface area contributed by atoms with E-state index >= 15 is 0 Å². The summed E-state index contributed by atoms with van der Waals surface area (Å²) in [4.78, 5) is 4.26. The van der Waals surface area contributed by atoms with Crippen molar-refractivity contribution in [2.45, 2.75) is 13.8 Å². The maximum absolute atomic E-state index is 5.62. The van der Waals surface area contributed by atoms with E-state index in [2.05, 4.69) is 36.2 Å². The Hall–Kier alpha value is -1.83. The molecule has 0 amide bonds. The van der Waals surface area contributed by atoms with Crippen LogP contribution in [0.5, 0.6) is 0 Å². The van der Waals surface area contributed by atoms with E-state index in [4.69, 9.17) is 5.73 Å². The van der Waals surface area contributed by atoms with Crippen LogP contribution in [0, 0.1) is 13.8 Å². The van der Waals surface area contributed by atoms with E-state index in [1.165, 1.54) is 11.1 Å². The summed E-state index contributed by atoms with van der Waals surface area (Å²) in [7, 11) is 0. The first kappa shape index (κ1) is 9.71. The number of hydrogen-bond donors (Lipinski definition) is 1. The number of pyridine rings is 1. The van der Waals surface area contributed by atoms with Gasteiger partial charge in [-0.3, -0.25) is 0 Å². The number of aryl methyl sites for hydroxylation is 2. The third-order valence-corrected chi connectivity index (χ3v) is 2.44. The third kappa shape index (κ3) is 1.99. The lowest BCUT2D eigenvalue weighted by atomic mass is 10.0. The average Bonchev–Trinajstić information content (AvgIpc) is 2.17. The standard InChI is InChI=1S/C13H14N2/c1-9-4-3-5-11(8-9)12-6-7-13(14)15-10(12)2/h3-8H,1-2H3,(H2,14,15). The zero-order valence-electron chi connectivity index (χ0n) is 8.99. The normalized spacial score (nSPS) is 10.3. The molecule has 1 aromatic heterocycles. The number of nitrogen functional groups attached to an aromatic ring is 1. The number of hydrogen-bond acceptors (Lipinski definition) is 2. The Balaban J connectivity index is 2.54. The second-order valence-corrected chi connectivity index (χ2v) is 3.74. The molecule has 2 N–H and O–H groups in total. The minimum absolute atomic E-state index is 0.573. The van der Waals surface area contributed by atoms with Crippen LogP contribution in [0.15, 0.2) is 36.4 Å². The minimum Gasteiger partial charge on any atom is -0.384 e. The molecule has 0 aliphatic carbocycles. The highest BCUT2D eigenvalue weighted by atomic mass is 14.8. The molecule has 0 fully saturated rings. The fraction of sp³-hybridized carbons (Fsp3) is 0.154. The third-order valence-electron chi connectivity index (χ3n) is 2.44. The SMILES string of the molecule is Cc1cccc(-c2ccc(N)nc2C)c1. The van der Waals surface area contributed by atoms with Gasteiger partial charge < -0.3 is 5.73 Å². The van der Waals surface area contributed by atoms with Crippen molar-refractivity contribution in [2.24, 2.45) is 0 Å². The topological polar surface area (TPSA) is 38.9 Å². The monoisotopic (exact) mass is 198 g/mol. The minimum atomic E-state index is 0.573. The summed E-state index contributed by atoms with van der Waals surface area (Å²) < 4.78 is 0. The largest absolute Gasteiger partial charge is 0.384 e. The average molecular weight is 198 g/mol. The molecule has 0 radical (unpaired) electrons. The van der Waals surface area contributed by atoms with Gasteiger partial charge in [0.2, 0.25) is 0 Å². The van der Waals surface area contributed by atoms with Gasteiger partial charge in [0.25, 0.3) is 0 Å². The zero-order chi connectivity index (χ0) is 10.8. The molecule has 1 aromatic carbocycles. The van der Waals surface area contributed by atoms with Crippen molar-refractivity contribution in [2.75, 3.05) is 5.73 Å². The Morgan fingerprint density at radius 2 is 1.87 bits per heavy atom. The van der Waals surface area contributed by atoms with Crippen LogP contribution < -0.4 is 5.73 Å². The molecule has 0 aliphatic rings. The molecule has 76 valence electrons. The molecule has 0 spiro atoms. The van der Waals surface area contributed by atoms with Gasteiger partial charge in [-0.15, -0.1) is 0 Å². The van der Waals surface area contributed by atoms with Crippen molar-refractivity contribution in [1.82, 2.24) is 4.98 Å². The quantitative estimate of drug-likeness (QED) is 0.765. The van der Waals surface area contributed by atoms with Gasteiger partial charge in [-0.25, -0.2) is 4.98 Å². The van der Waals surface area contributed by atoms with Crippen LogP contribution in [0.3, 0.4) is 0 Å². The molecule has 2 rings (SSSR count). The van der Waals surface area contributed by atoms with E-state index in [-0.39, 0.29) is 0 Å². The van der Waals surface area contributed by atoms with Crippen LogP contribution in [0.2, 0.25) is 0 Å². The molecule has 0 unspecified atom stereocenters. The summed E-state index contributed by atoms with van der Waals surface area (Å²) in [5.41, 5.74) is 10.2. The molecule has 2 aromatic rings. The molecule has 0 atom stereocenters. The molecule has 0 saturated carbocycles. The van der Waals surface area contributed by atoms with Gasteiger partial charge in [-0.05, 0) is 31.5 Å². The van der Waals surface area contributed by atoms with Crippen molar-refractivity contribution >= 4 is 5.82 Å². The summed E-state index contributed by atoms with van der Waals surface area (Å²) in [6.45, 7) is 4.07. The van der Waals surface area contributed by atoms with E-state index in [1.54, 1.807) is 0 Å². The highest BCUT2D eigenvalue weighted by Crippen LogP contribution is 2.23. The molecule has 15 heavy (non-hydrogen) atoms. The number of benzene rings is 1. The zero-order valence-corrected chi connectivity index (χ0v) is 8.99. The molecule has 2 nitrogen and oxygen atoms in total. The number of rotatable bonds is 1. The lowest BCUT2D eigenvalue weighted by Gasteiger charge is -2.06. The van der Waals surface area contributed by atoms with Crippen LogP contribution in [-0.2, 0) is 0 Å². The summed E-state index contributed by atoms with van der Waals surface area (Å²) >= 11 is 0. The molecule has 1 heterocycles. The molecular formula is C13H14N2. The smallest absolute Gasteiger partial charge is 0.123 e. The molecular weight excluding hydrogens is 184 g/mol. The number of anilines is 1. The van der Waals surface area contributed by atoms with Gasteiger partial charge >= 0.3 is 0 Å². The van der Waals surface area contributed by atoms with Crippen LogP contribution in [0.25, 0.3) is 11.1 Å². The van der Waals surface area contributed by atoms with E-state index < -0.39 is 0 Å². The van der Waals surface area contributed by atoms with E-state index in [0.29, 0.717) is 5.82 Å². The summed E-state index contributed by atoms with van der Waals surface area (Å²) in [6, 6.07) is 12.2. The van der Waals surface area contributed by atoms with Crippen molar-refractivity contribution < 1.29 is 0 Å². The Kier molecular flexibility index (Phi) is 2.42. The Morgan fingerprint density at radius 1 is 1.07 bits per heavy atom. The second-order valence-electron chi connectivity index (χ2n) is 3.74. The lowest BCUT2D eigenvalue weighted by Crippen LogP contribution is -1.94. The molecule has 2 heteroatoms. The lowest BCUT2D eigenvalue weighted by molar-refractivity contribution is 1.21. The highest BCUT2D eigenvalue weighted by molar-refractivity contribution is 5.67. The van der Waals surface area contributed by atoms with Gasteiger partial charge in [0.1, 0.15) is 5.82 Å². The van der Waals surface area contributed by atoms with Crippen molar-refractivity contribution in [1.29, 1.82) is 0 Å². The van der Waals surface area contributed by atoms with E-state index in [0.717, 1.165) is 11.3 Å². The number of aromatic nitrogens is 1. The first-order chi connectivity index (χ1) is 7.16. The van der Waals surface area contributed by atoms with Crippen LogP contribution in [0.1, 0.15) is 11.3 Å². The van der Waals surface area contributed by atoms with Crippen LogP contribution in [-0.4, -0.2) is 4.98 Å². The Bertz CT molecular complexity index is 490. The van der Waals surface area contributed by atoms with Crippen LogP contribution >= 0.6 is 0 Å². The molecule has 0 bridgehead atoms. The summed E-state index contributed by atoms with van der Waals surface area (Å²) in [5.74, 6) is 0.573. The maximum atomic E-state index is 5.62. The second kappa shape index (κ2) is 3.73. The highest BCUT2D eigenvalue weighted by Gasteiger charge is 2.02. The molecule has 0 saturated heterocycles. The van der Waals surface area contributed by atoms with Crippen LogP contribution in [0.4, 0.5) is 5.82 Å². The van der Waals surface area contributed by atoms with Crippen molar-refractivity contribution in [3.8, 4) is 11.1 Å².